The molecule has 0 atom stereocenters. The van der Waals surface area contributed by atoms with Crippen molar-refractivity contribution in [2.45, 2.75) is 33.3 Å². The van der Waals surface area contributed by atoms with Gasteiger partial charge in [0.25, 0.3) is 0 Å². The summed E-state index contributed by atoms with van der Waals surface area (Å²) < 4.78 is 10.3. The van der Waals surface area contributed by atoms with E-state index < -0.39 is 11.6 Å². The van der Waals surface area contributed by atoms with Crippen LogP contribution in [0.5, 0.6) is 5.75 Å². The van der Waals surface area contributed by atoms with Gasteiger partial charge in [-0.25, -0.2) is 4.79 Å². The van der Waals surface area contributed by atoms with Crippen molar-refractivity contribution in [1.82, 2.24) is 5.32 Å². The van der Waals surface area contributed by atoms with E-state index in [4.69, 9.17) is 9.47 Å². The molecule has 5 nitrogen and oxygen atoms in total. The van der Waals surface area contributed by atoms with Crippen LogP contribution in [0.4, 0.5) is 0 Å². The topological polar surface area (TPSA) is 64.6 Å². The number of carbonyl (C=O) groups excluding carboxylic acids is 2. The smallest absolute Gasteiger partial charge is 0.355 e. The SMILES string of the molecule is COc1ccc(/C=C(\NC(C)=O)C(=O)OC(C)(C)C)cc1. The predicted molar refractivity (Wildman–Crippen MR) is 80.6 cm³/mol. The summed E-state index contributed by atoms with van der Waals surface area (Å²) in [5.74, 6) is -0.195. The Hall–Kier alpha value is -2.30. The number of hydrogen-bond donors (Lipinski definition) is 1. The summed E-state index contributed by atoms with van der Waals surface area (Å²) in [4.78, 5) is 23.3. The molecule has 1 amide bonds. The van der Waals surface area contributed by atoms with E-state index >= 15 is 0 Å². The van der Waals surface area contributed by atoms with Crippen LogP contribution < -0.4 is 10.1 Å². The van der Waals surface area contributed by atoms with Gasteiger partial charge in [-0.15, -0.1) is 0 Å². The van der Waals surface area contributed by atoms with Gasteiger partial charge in [0, 0.05) is 6.92 Å². The molecule has 1 rings (SSSR count). The van der Waals surface area contributed by atoms with Gasteiger partial charge in [-0.2, -0.15) is 0 Å². The molecule has 0 heterocycles. The number of carbonyl (C=O) groups is 2. The largest absolute Gasteiger partial charge is 0.497 e. The standard InChI is InChI=1S/C16H21NO4/c1-11(18)17-14(15(19)21-16(2,3)4)10-12-6-8-13(20-5)9-7-12/h6-10H,1-5H3,(H,17,18)/b14-10-. The molecule has 1 aromatic rings. The van der Waals surface area contributed by atoms with Crippen LogP contribution in [-0.2, 0) is 14.3 Å². The third-order valence-corrected chi connectivity index (χ3v) is 2.36. The van der Waals surface area contributed by atoms with E-state index in [0.29, 0.717) is 5.75 Å². The van der Waals surface area contributed by atoms with Gasteiger partial charge in [0.1, 0.15) is 17.0 Å². The molecule has 5 heteroatoms. The molecule has 0 aliphatic heterocycles. The second-order valence-electron chi connectivity index (χ2n) is 5.51. The third kappa shape index (κ3) is 6.12. The maximum Gasteiger partial charge on any atom is 0.355 e. The van der Waals surface area contributed by atoms with Crippen molar-refractivity contribution in [1.29, 1.82) is 0 Å². The molecule has 1 N–H and O–H groups in total. The average Bonchev–Trinajstić information content (AvgIpc) is 2.36. The number of nitrogens with one attached hydrogen (secondary N) is 1. The fraction of sp³-hybridized carbons (Fsp3) is 0.375. The van der Waals surface area contributed by atoms with Crippen LogP contribution in [0.25, 0.3) is 6.08 Å². The summed E-state index contributed by atoms with van der Waals surface area (Å²) in [6, 6.07) is 7.11. The Labute approximate surface area is 124 Å². The lowest BCUT2D eigenvalue weighted by Crippen LogP contribution is -2.31. The molecule has 0 spiro atoms. The first-order chi connectivity index (χ1) is 9.71. The molecule has 0 aliphatic rings. The van der Waals surface area contributed by atoms with Gasteiger partial charge in [-0.1, -0.05) is 12.1 Å². The molecule has 0 unspecified atom stereocenters. The van der Waals surface area contributed by atoms with E-state index in [1.54, 1.807) is 58.2 Å². The van der Waals surface area contributed by atoms with Crippen molar-refractivity contribution in [2.24, 2.45) is 0 Å². The van der Waals surface area contributed by atoms with Crippen LogP contribution >= 0.6 is 0 Å². The Morgan fingerprint density at radius 2 is 1.71 bits per heavy atom. The van der Waals surface area contributed by atoms with Crippen molar-refractivity contribution in [2.75, 3.05) is 7.11 Å². The van der Waals surface area contributed by atoms with Crippen LogP contribution in [0, 0.1) is 0 Å². The highest BCUT2D eigenvalue weighted by molar-refractivity contribution is 5.97. The minimum Gasteiger partial charge on any atom is -0.497 e. The van der Waals surface area contributed by atoms with Crippen LogP contribution in [0.15, 0.2) is 30.0 Å². The summed E-state index contributed by atoms with van der Waals surface area (Å²) in [7, 11) is 1.58. The summed E-state index contributed by atoms with van der Waals surface area (Å²) >= 11 is 0. The highest BCUT2D eigenvalue weighted by atomic mass is 16.6. The molecule has 1 aromatic carbocycles. The van der Waals surface area contributed by atoms with Gasteiger partial charge < -0.3 is 14.8 Å². The summed E-state index contributed by atoms with van der Waals surface area (Å²) in [5, 5.41) is 2.50. The fourth-order valence-electron chi connectivity index (χ4n) is 1.54. The number of ether oxygens (including phenoxy) is 2. The lowest BCUT2D eigenvalue weighted by atomic mass is 10.1. The van der Waals surface area contributed by atoms with Crippen molar-refractivity contribution in [3.05, 3.63) is 35.5 Å². The third-order valence-electron chi connectivity index (χ3n) is 2.36. The Balaban J connectivity index is 3.02. The van der Waals surface area contributed by atoms with Crippen molar-refractivity contribution < 1.29 is 19.1 Å². The second kappa shape index (κ2) is 6.92. The van der Waals surface area contributed by atoms with Crippen molar-refractivity contribution >= 4 is 18.0 Å². The molecule has 0 saturated heterocycles. The monoisotopic (exact) mass is 291 g/mol. The number of rotatable bonds is 4. The van der Waals surface area contributed by atoms with Gasteiger partial charge in [-0.05, 0) is 44.5 Å². The van der Waals surface area contributed by atoms with Crippen LogP contribution in [0.1, 0.15) is 33.3 Å². The minimum absolute atomic E-state index is 0.0996. The zero-order valence-electron chi connectivity index (χ0n) is 13.0. The Morgan fingerprint density at radius 3 is 2.14 bits per heavy atom. The minimum atomic E-state index is -0.630. The maximum absolute atomic E-state index is 12.1. The maximum atomic E-state index is 12.1. The van der Waals surface area contributed by atoms with Crippen LogP contribution in [0.2, 0.25) is 0 Å². The van der Waals surface area contributed by atoms with Gasteiger partial charge in [0.05, 0.1) is 7.11 Å². The van der Waals surface area contributed by atoms with E-state index in [9.17, 15) is 9.59 Å². The summed E-state index contributed by atoms with van der Waals surface area (Å²) in [6.07, 6.45) is 1.56. The molecular weight excluding hydrogens is 270 g/mol. The Bertz CT molecular complexity index is 538. The van der Waals surface area contributed by atoms with Crippen LogP contribution in [-0.4, -0.2) is 24.6 Å². The van der Waals surface area contributed by atoms with E-state index in [1.807, 2.05) is 0 Å². The average molecular weight is 291 g/mol. The normalized spacial score (nSPS) is 11.8. The molecule has 0 aromatic heterocycles. The van der Waals surface area contributed by atoms with Crippen LogP contribution in [0.3, 0.4) is 0 Å². The number of hydrogen-bond acceptors (Lipinski definition) is 4. The molecular formula is C16H21NO4. The van der Waals surface area contributed by atoms with Crippen molar-refractivity contribution in [3.8, 4) is 5.75 Å². The van der Waals surface area contributed by atoms with Gasteiger partial charge in [-0.3, -0.25) is 4.79 Å². The number of benzene rings is 1. The lowest BCUT2D eigenvalue weighted by molar-refractivity contribution is -0.150. The molecule has 0 fully saturated rings. The Kier molecular flexibility index (Phi) is 5.52. The lowest BCUT2D eigenvalue weighted by Gasteiger charge is -2.20. The quantitative estimate of drug-likeness (QED) is 0.684. The number of esters is 1. The first-order valence-electron chi connectivity index (χ1n) is 6.58. The number of methoxy groups -OCH3 is 1. The molecule has 21 heavy (non-hydrogen) atoms. The highest BCUT2D eigenvalue weighted by Crippen LogP contribution is 2.15. The van der Waals surface area contributed by atoms with Gasteiger partial charge in [0.15, 0.2) is 0 Å². The summed E-state index contributed by atoms with van der Waals surface area (Å²) in [5.41, 5.74) is 0.224. The zero-order valence-corrected chi connectivity index (χ0v) is 13.0. The van der Waals surface area contributed by atoms with Gasteiger partial charge >= 0.3 is 5.97 Å². The molecule has 0 saturated carbocycles. The number of amides is 1. The molecule has 0 radical (unpaired) electrons. The predicted octanol–water partition coefficient (Wildman–Crippen LogP) is 2.51. The van der Waals surface area contributed by atoms with E-state index in [0.717, 1.165) is 5.56 Å². The zero-order chi connectivity index (χ0) is 16.0. The summed E-state index contributed by atoms with van der Waals surface area (Å²) in [6.45, 7) is 6.64. The highest BCUT2D eigenvalue weighted by Gasteiger charge is 2.20. The second-order valence-corrected chi connectivity index (χ2v) is 5.51. The molecule has 114 valence electrons. The molecule has 0 aliphatic carbocycles. The van der Waals surface area contributed by atoms with Crippen molar-refractivity contribution in [3.63, 3.8) is 0 Å². The Morgan fingerprint density at radius 1 is 1.14 bits per heavy atom. The first kappa shape index (κ1) is 16.8. The first-order valence-corrected chi connectivity index (χ1v) is 6.58. The van der Waals surface area contributed by atoms with E-state index in [-0.39, 0.29) is 11.6 Å². The molecule has 0 bridgehead atoms. The fourth-order valence-corrected chi connectivity index (χ4v) is 1.54. The van der Waals surface area contributed by atoms with E-state index in [2.05, 4.69) is 5.32 Å². The van der Waals surface area contributed by atoms with Gasteiger partial charge in [0.2, 0.25) is 5.91 Å². The van der Waals surface area contributed by atoms with E-state index in [1.165, 1.54) is 6.92 Å².